The van der Waals surface area contributed by atoms with Gasteiger partial charge in [0, 0.05) is 30.4 Å². The highest BCUT2D eigenvalue weighted by molar-refractivity contribution is 5.72. The fourth-order valence-electron chi connectivity index (χ4n) is 3.83. The zero-order valence-electron chi connectivity index (χ0n) is 16.4. The topological polar surface area (TPSA) is 54.7 Å². The van der Waals surface area contributed by atoms with Gasteiger partial charge in [-0.1, -0.05) is 30.3 Å². The van der Waals surface area contributed by atoms with E-state index in [0.717, 1.165) is 48.2 Å². The Kier molecular flexibility index (Phi) is 4.52. The molecule has 0 spiro atoms. The number of fused-ring (bicyclic) bond motifs is 2. The Hall–Kier alpha value is -3.54. The zero-order valence-corrected chi connectivity index (χ0v) is 16.4. The van der Waals surface area contributed by atoms with Crippen molar-refractivity contribution in [3.63, 3.8) is 0 Å². The average molecular weight is 385 g/mol. The summed E-state index contributed by atoms with van der Waals surface area (Å²) in [7, 11) is 0. The van der Waals surface area contributed by atoms with Crippen LogP contribution >= 0.6 is 0 Å². The first kappa shape index (κ1) is 17.6. The molecule has 2 aromatic heterocycles. The molecule has 0 unspecified atom stereocenters. The monoisotopic (exact) mass is 385 g/mol. The van der Waals surface area contributed by atoms with Crippen LogP contribution in [0.25, 0.3) is 5.65 Å². The van der Waals surface area contributed by atoms with Crippen LogP contribution in [0.2, 0.25) is 0 Å². The third-order valence-corrected chi connectivity index (χ3v) is 5.19. The van der Waals surface area contributed by atoms with Crippen LogP contribution in [0.4, 0.5) is 17.3 Å². The predicted molar refractivity (Wildman–Crippen MR) is 115 cm³/mol. The molecule has 0 fully saturated rings. The quantitative estimate of drug-likeness (QED) is 0.532. The third-order valence-electron chi connectivity index (χ3n) is 5.19. The van der Waals surface area contributed by atoms with E-state index < -0.39 is 0 Å². The van der Waals surface area contributed by atoms with Gasteiger partial charge < -0.3 is 15.0 Å². The number of anilines is 3. The number of aromatic nitrogens is 3. The number of nitrogens with one attached hydrogen (secondary N) is 1. The van der Waals surface area contributed by atoms with Gasteiger partial charge in [0.25, 0.3) is 0 Å². The molecule has 0 amide bonds. The van der Waals surface area contributed by atoms with Crippen LogP contribution in [-0.2, 0) is 13.0 Å². The Morgan fingerprint density at radius 2 is 1.86 bits per heavy atom. The summed E-state index contributed by atoms with van der Waals surface area (Å²) in [6, 6.07) is 20.5. The van der Waals surface area contributed by atoms with Crippen molar-refractivity contribution in [1.82, 2.24) is 14.6 Å². The molecule has 29 heavy (non-hydrogen) atoms. The largest absolute Gasteiger partial charge is 0.494 e. The van der Waals surface area contributed by atoms with Gasteiger partial charge in [0.1, 0.15) is 17.4 Å². The van der Waals surface area contributed by atoms with Gasteiger partial charge in [-0.05, 0) is 43.2 Å². The van der Waals surface area contributed by atoms with E-state index in [1.165, 1.54) is 11.1 Å². The van der Waals surface area contributed by atoms with Crippen molar-refractivity contribution in [2.45, 2.75) is 19.9 Å². The smallest absolute Gasteiger partial charge is 0.159 e. The Labute approximate surface area is 169 Å². The minimum Gasteiger partial charge on any atom is -0.494 e. The minimum absolute atomic E-state index is 0.662. The van der Waals surface area contributed by atoms with E-state index in [9.17, 15) is 0 Å². The highest BCUT2D eigenvalue weighted by atomic mass is 16.5. The molecule has 6 heteroatoms. The van der Waals surface area contributed by atoms with Crippen molar-refractivity contribution >= 4 is 23.0 Å². The molecule has 1 N–H and O–H groups in total. The molecule has 146 valence electrons. The van der Waals surface area contributed by atoms with Crippen LogP contribution in [0.3, 0.4) is 0 Å². The predicted octanol–water partition coefficient (Wildman–Crippen LogP) is 4.43. The maximum atomic E-state index is 5.55. The van der Waals surface area contributed by atoms with E-state index in [0.29, 0.717) is 6.61 Å². The molecule has 0 atom stereocenters. The molecule has 1 aliphatic heterocycles. The zero-order chi connectivity index (χ0) is 19.6. The van der Waals surface area contributed by atoms with Gasteiger partial charge in [0.2, 0.25) is 0 Å². The number of benzene rings is 2. The van der Waals surface area contributed by atoms with Crippen LogP contribution in [0.5, 0.6) is 5.75 Å². The molecule has 0 radical (unpaired) electrons. The Bertz CT molecular complexity index is 1120. The summed E-state index contributed by atoms with van der Waals surface area (Å²) in [5, 5.41) is 8.06. The lowest BCUT2D eigenvalue weighted by Gasteiger charge is -2.19. The normalized spacial score (nSPS) is 12.9. The molecule has 5 rings (SSSR count). The van der Waals surface area contributed by atoms with Crippen molar-refractivity contribution in [2.75, 3.05) is 23.4 Å². The summed E-state index contributed by atoms with van der Waals surface area (Å²) in [4.78, 5) is 7.25. The summed E-state index contributed by atoms with van der Waals surface area (Å²) in [5.74, 6) is 2.89. The van der Waals surface area contributed by atoms with Crippen LogP contribution in [0.15, 0.2) is 66.9 Å². The maximum absolute atomic E-state index is 5.55. The molecule has 3 heterocycles. The second kappa shape index (κ2) is 7.47. The lowest BCUT2D eigenvalue weighted by Crippen LogP contribution is -2.20. The van der Waals surface area contributed by atoms with E-state index in [-0.39, 0.29) is 0 Å². The SMILES string of the molecule is CCOc1ccc(Nc2c3c(nc4ccnn24)N(Cc2ccccc2)CC3)cc1. The van der Waals surface area contributed by atoms with E-state index >= 15 is 0 Å². The Balaban J connectivity index is 1.50. The molecular formula is C23H23N5O. The van der Waals surface area contributed by atoms with Crippen LogP contribution in [0.1, 0.15) is 18.1 Å². The van der Waals surface area contributed by atoms with Crippen LogP contribution in [0, 0.1) is 0 Å². The first-order valence-corrected chi connectivity index (χ1v) is 9.97. The number of hydrogen-bond acceptors (Lipinski definition) is 5. The molecule has 0 bridgehead atoms. The van der Waals surface area contributed by atoms with Crippen LogP contribution < -0.4 is 15.0 Å². The van der Waals surface area contributed by atoms with Gasteiger partial charge in [0.15, 0.2) is 5.65 Å². The molecule has 4 aromatic rings. The number of ether oxygens (including phenoxy) is 1. The summed E-state index contributed by atoms with van der Waals surface area (Å²) in [6.45, 7) is 4.45. The van der Waals surface area contributed by atoms with Gasteiger partial charge in [-0.25, -0.2) is 4.98 Å². The Morgan fingerprint density at radius 1 is 1.03 bits per heavy atom. The van der Waals surface area contributed by atoms with Crippen molar-refractivity contribution in [3.8, 4) is 5.75 Å². The Morgan fingerprint density at radius 3 is 2.66 bits per heavy atom. The van der Waals surface area contributed by atoms with Crippen molar-refractivity contribution in [3.05, 3.63) is 78.0 Å². The lowest BCUT2D eigenvalue weighted by atomic mass is 10.2. The third kappa shape index (κ3) is 3.38. The molecule has 2 aromatic carbocycles. The standard InChI is InChI=1S/C23H23N5O/c1-2-29-19-10-8-18(9-11-19)25-23-20-13-15-27(16-17-6-4-3-5-7-17)22(20)26-21-12-14-24-28(21)23/h3-12,14,25H,2,13,15-16H2,1H3. The van der Waals surface area contributed by atoms with Crippen LogP contribution in [-0.4, -0.2) is 27.7 Å². The minimum atomic E-state index is 0.662. The van der Waals surface area contributed by atoms with Gasteiger partial charge in [-0.3, -0.25) is 0 Å². The second-order valence-electron chi connectivity index (χ2n) is 7.10. The van der Waals surface area contributed by atoms with Gasteiger partial charge in [-0.2, -0.15) is 9.61 Å². The molecule has 0 saturated carbocycles. The average Bonchev–Trinajstić information content (AvgIpc) is 3.38. The van der Waals surface area contributed by atoms with Gasteiger partial charge in [-0.15, -0.1) is 0 Å². The molecule has 6 nitrogen and oxygen atoms in total. The summed E-state index contributed by atoms with van der Waals surface area (Å²) < 4.78 is 7.44. The van der Waals surface area contributed by atoms with E-state index in [4.69, 9.17) is 9.72 Å². The van der Waals surface area contributed by atoms with Crippen molar-refractivity contribution < 1.29 is 4.74 Å². The van der Waals surface area contributed by atoms with Crippen molar-refractivity contribution in [1.29, 1.82) is 0 Å². The molecule has 1 aliphatic rings. The fourth-order valence-corrected chi connectivity index (χ4v) is 3.83. The number of nitrogens with zero attached hydrogens (tertiary/aromatic N) is 4. The van der Waals surface area contributed by atoms with E-state index in [1.807, 2.05) is 47.8 Å². The molecule has 0 saturated heterocycles. The number of hydrogen-bond donors (Lipinski definition) is 1. The first-order chi connectivity index (χ1) is 14.3. The van der Waals surface area contributed by atoms with E-state index in [1.54, 1.807) is 6.20 Å². The first-order valence-electron chi connectivity index (χ1n) is 9.97. The molecular weight excluding hydrogens is 362 g/mol. The maximum Gasteiger partial charge on any atom is 0.159 e. The van der Waals surface area contributed by atoms with Gasteiger partial charge >= 0.3 is 0 Å². The molecule has 0 aliphatic carbocycles. The fraction of sp³-hybridized carbons (Fsp3) is 0.217. The highest BCUT2D eigenvalue weighted by Crippen LogP contribution is 2.35. The van der Waals surface area contributed by atoms with Gasteiger partial charge in [0.05, 0.1) is 12.8 Å². The lowest BCUT2D eigenvalue weighted by molar-refractivity contribution is 0.340. The number of rotatable bonds is 6. The second-order valence-corrected chi connectivity index (χ2v) is 7.10. The van der Waals surface area contributed by atoms with Crippen molar-refractivity contribution in [2.24, 2.45) is 0 Å². The van der Waals surface area contributed by atoms with E-state index in [2.05, 4.69) is 39.6 Å². The summed E-state index contributed by atoms with van der Waals surface area (Å²) in [5.41, 5.74) is 4.33. The summed E-state index contributed by atoms with van der Waals surface area (Å²) in [6.07, 6.45) is 2.73. The summed E-state index contributed by atoms with van der Waals surface area (Å²) >= 11 is 0. The highest BCUT2D eigenvalue weighted by Gasteiger charge is 2.26.